The molecular formula is C11H10BrFN2OS. The van der Waals surface area contributed by atoms with Gasteiger partial charge in [-0.2, -0.15) is 0 Å². The highest BCUT2D eigenvalue weighted by Gasteiger charge is 2.02. The number of halogens is 2. The summed E-state index contributed by atoms with van der Waals surface area (Å²) < 4.78 is 14.2. The molecule has 0 spiro atoms. The quantitative estimate of drug-likeness (QED) is 0.910. The maximum absolute atomic E-state index is 13.5. The van der Waals surface area contributed by atoms with Gasteiger partial charge in [-0.05, 0) is 12.1 Å². The van der Waals surface area contributed by atoms with Crippen molar-refractivity contribution >= 4 is 27.3 Å². The molecule has 1 aromatic heterocycles. The zero-order chi connectivity index (χ0) is 12.3. The lowest BCUT2D eigenvalue weighted by Crippen LogP contribution is -2.14. The standard InChI is InChI=1S/C11H10BrFN2OS/c12-8-2-1-7(10(13)3-8)4-14-5-9-6-17-11(16)15-9/h1-3,6,14H,4-5H2,(H,15,16). The molecule has 2 N–H and O–H groups in total. The number of nitrogens with one attached hydrogen (secondary N) is 2. The van der Waals surface area contributed by atoms with E-state index in [2.05, 4.69) is 26.2 Å². The van der Waals surface area contributed by atoms with Crippen molar-refractivity contribution in [2.45, 2.75) is 13.1 Å². The Kier molecular flexibility index (Phi) is 4.09. The minimum absolute atomic E-state index is 0.0726. The van der Waals surface area contributed by atoms with Gasteiger partial charge in [-0.1, -0.05) is 33.3 Å². The molecule has 0 aliphatic heterocycles. The van der Waals surface area contributed by atoms with E-state index in [4.69, 9.17) is 0 Å². The van der Waals surface area contributed by atoms with Gasteiger partial charge in [0.1, 0.15) is 5.82 Å². The first-order valence-electron chi connectivity index (χ1n) is 4.96. The fourth-order valence-electron chi connectivity index (χ4n) is 1.40. The molecule has 3 nitrogen and oxygen atoms in total. The van der Waals surface area contributed by atoms with Gasteiger partial charge in [0.2, 0.25) is 0 Å². The van der Waals surface area contributed by atoms with Gasteiger partial charge >= 0.3 is 4.87 Å². The molecule has 0 aliphatic carbocycles. The summed E-state index contributed by atoms with van der Waals surface area (Å²) >= 11 is 4.33. The average Bonchev–Trinajstić information content (AvgIpc) is 2.68. The summed E-state index contributed by atoms with van der Waals surface area (Å²) in [5, 5.41) is 4.83. The maximum Gasteiger partial charge on any atom is 0.304 e. The molecule has 2 rings (SSSR count). The van der Waals surface area contributed by atoms with E-state index in [-0.39, 0.29) is 10.7 Å². The molecule has 0 amide bonds. The summed E-state index contributed by atoms with van der Waals surface area (Å²) in [4.78, 5) is 13.5. The zero-order valence-corrected chi connectivity index (χ0v) is 11.2. The number of rotatable bonds is 4. The Morgan fingerprint density at radius 2 is 2.24 bits per heavy atom. The molecule has 0 aliphatic rings. The Labute approximate surface area is 110 Å². The first kappa shape index (κ1) is 12.5. The molecule has 17 heavy (non-hydrogen) atoms. The highest BCUT2D eigenvalue weighted by molar-refractivity contribution is 9.10. The molecule has 6 heteroatoms. The van der Waals surface area contributed by atoms with E-state index in [1.54, 1.807) is 17.5 Å². The molecule has 0 fully saturated rings. The lowest BCUT2D eigenvalue weighted by atomic mass is 10.2. The lowest BCUT2D eigenvalue weighted by Gasteiger charge is -2.05. The third-order valence-electron chi connectivity index (χ3n) is 2.22. The molecule has 1 aromatic carbocycles. The van der Waals surface area contributed by atoms with E-state index >= 15 is 0 Å². The van der Waals surface area contributed by atoms with Crippen LogP contribution in [-0.2, 0) is 13.1 Å². The molecule has 90 valence electrons. The van der Waals surface area contributed by atoms with Gasteiger partial charge in [0.05, 0.1) is 0 Å². The summed E-state index contributed by atoms with van der Waals surface area (Å²) in [5.74, 6) is -0.245. The summed E-state index contributed by atoms with van der Waals surface area (Å²) in [7, 11) is 0. The molecule has 0 bridgehead atoms. The summed E-state index contributed by atoms with van der Waals surface area (Å²) in [5.41, 5.74) is 1.42. The predicted octanol–water partition coefficient (Wildman–Crippen LogP) is 2.63. The fraction of sp³-hybridized carbons (Fsp3) is 0.182. The van der Waals surface area contributed by atoms with Crippen LogP contribution in [0.5, 0.6) is 0 Å². The predicted molar refractivity (Wildman–Crippen MR) is 69.6 cm³/mol. The van der Waals surface area contributed by atoms with Crippen molar-refractivity contribution in [1.82, 2.24) is 10.3 Å². The third-order valence-corrected chi connectivity index (χ3v) is 3.43. The molecule has 0 unspecified atom stereocenters. The number of benzene rings is 1. The van der Waals surface area contributed by atoms with Crippen molar-refractivity contribution in [1.29, 1.82) is 0 Å². The van der Waals surface area contributed by atoms with Gasteiger partial charge in [0, 0.05) is 34.2 Å². The van der Waals surface area contributed by atoms with Gasteiger partial charge in [-0.25, -0.2) is 4.39 Å². The Bertz CT molecular complexity index is 567. The van der Waals surface area contributed by atoms with Crippen molar-refractivity contribution in [3.63, 3.8) is 0 Å². The van der Waals surface area contributed by atoms with Crippen LogP contribution in [0.15, 0.2) is 32.8 Å². The summed E-state index contributed by atoms with van der Waals surface area (Å²) in [6.07, 6.45) is 0. The van der Waals surface area contributed by atoms with E-state index in [0.717, 1.165) is 21.5 Å². The van der Waals surface area contributed by atoms with Gasteiger partial charge in [0.25, 0.3) is 0 Å². The topological polar surface area (TPSA) is 44.9 Å². The van der Waals surface area contributed by atoms with Crippen LogP contribution >= 0.6 is 27.3 Å². The first-order chi connectivity index (χ1) is 8.15. The number of H-pyrrole nitrogens is 1. The van der Waals surface area contributed by atoms with E-state index in [0.29, 0.717) is 18.7 Å². The minimum atomic E-state index is -0.245. The largest absolute Gasteiger partial charge is 0.315 e. The number of hydrogen-bond acceptors (Lipinski definition) is 3. The number of hydrogen-bond donors (Lipinski definition) is 2. The molecule has 0 saturated heterocycles. The first-order valence-corrected chi connectivity index (χ1v) is 6.64. The van der Waals surface area contributed by atoms with Crippen molar-refractivity contribution in [3.8, 4) is 0 Å². The Balaban J connectivity index is 1.92. The van der Waals surface area contributed by atoms with E-state index in [1.165, 1.54) is 6.07 Å². The van der Waals surface area contributed by atoms with Crippen LogP contribution in [-0.4, -0.2) is 4.98 Å². The molecule has 0 saturated carbocycles. The highest BCUT2D eigenvalue weighted by atomic mass is 79.9. The van der Waals surface area contributed by atoms with Crippen LogP contribution < -0.4 is 10.2 Å². The monoisotopic (exact) mass is 316 g/mol. The summed E-state index contributed by atoms with van der Waals surface area (Å²) in [6, 6.07) is 4.96. The van der Waals surface area contributed by atoms with Crippen LogP contribution in [0, 0.1) is 5.82 Å². The second-order valence-corrected chi connectivity index (χ2v) is 5.27. The number of aromatic nitrogens is 1. The van der Waals surface area contributed by atoms with Crippen molar-refractivity contribution in [3.05, 3.63) is 54.8 Å². The molecule has 0 atom stereocenters. The molecule has 1 heterocycles. The van der Waals surface area contributed by atoms with Gasteiger partial charge < -0.3 is 10.3 Å². The minimum Gasteiger partial charge on any atom is -0.315 e. The number of thiazole rings is 1. The Morgan fingerprint density at radius 1 is 1.41 bits per heavy atom. The molecular weight excluding hydrogens is 307 g/mol. The van der Waals surface area contributed by atoms with Gasteiger partial charge in [0.15, 0.2) is 0 Å². The van der Waals surface area contributed by atoms with E-state index < -0.39 is 0 Å². The smallest absolute Gasteiger partial charge is 0.304 e. The maximum atomic E-state index is 13.5. The van der Waals surface area contributed by atoms with Crippen LogP contribution in [0.4, 0.5) is 4.39 Å². The normalized spacial score (nSPS) is 10.7. The fourth-order valence-corrected chi connectivity index (χ4v) is 2.31. The van der Waals surface area contributed by atoms with Gasteiger partial charge in [-0.15, -0.1) is 0 Å². The Hall–Kier alpha value is -0.980. The van der Waals surface area contributed by atoms with E-state index in [1.807, 2.05) is 0 Å². The second kappa shape index (κ2) is 5.57. The lowest BCUT2D eigenvalue weighted by molar-refractivity contribution is 0.585. The van der Waals surface area contributed by atoms with Gasteiger partial charge in [-0.3, -0.25) is 4.79 Å². The zero-order valence-electron chi connectivity index (χ0n) is 8.80. The average molecular weight is 317 g/mol. The highest BCUT2D eigenvalue weighted by Crippen LogP contribution is 2.15. The molecule has 2 aromatic rings. The van der Waals surface area contributed by atoms with Crippen molar-refractivity contribution in [2.75, 3.05) is 0 Å². The van der Waals surface area contributed by atoms with Crippen LogP contribution in [0.3, 0.4) is 0 Å². The summed E-state index contributed by atoms with van der Waals surface area (Å²) in [6.45, 7) is 0.950. The van der Waals surface area contributed by atoms with Crippen LogP contribution in [0.25, 0.3) is 0 Å². The third kappa shape index (κ3) is 3.49. The van der Waals surface area contributed by atoms with Crippen LogP contribution in [0.1, 0.15) is 11.3 Å². The number of aromatic amines is 1. The second-order valence-electron chi connectivity index (χ2n) is 3.51. The van der Waals surface area contributed by atoms with Crippen LogP contribution in [0.2, 0.25) is 0 Å². The Morgan fingerprint density at radius 3 is 2.88 bits per heavy atom. The SMILES string of the molecule is O=c1[nH]c(CNCc2ccc(Br)cc2F)cs1. The van der Waals surface area contributed by atoms with Crippen molar-refractivity contribution in [2.24, 2.45) is 0 Å². The molecule has 0 radical (unpaired) electrons. The van der Waals surface area contributed by atoms with Crippen molar-refractivity contribution < 1.29 is 4.39 Å². The van der Waals surface area contributed by atoms with E-state index in [9.17, 15) is 9.18 Å².